The fourth-order valence-electron chi connectivity index (χ4n) is 4.50. The Morgan fingerprint density at radius 3 is 2.46 bits per heavy atom. The van der Waals surface area contributed by atoms with Gasteiger partial charge in [-0.05, 0) is 55.2 Å². The molecule has 1 amide bonds. The maximum absolute atomic E-state index is 14.0. The molecule has 0 fully saturated rings. The van der Waals surface area contributed by atoms with Crippen molar-refractivity contribution < 1.29 is 9.18 Å². The molecule has 4 aromatic rings. The van der Waals surface area contributed by atoms with Crippen molar-refractivity contribution in [1.82, 2.24) is 14.5 Å². The topological polar surface area (TPSA) is 55.2 Å². The third kappa shape index (κ3) is 5.32. The molecule has 0 aliphatic rings. The van der Waals surface area contributed by atoms with E-state index in [2.05, 4.69) is 0 Å². The first kappa shape index (κ1) is 24.3. The molecule has 35 heavy (non-hydrogen) atoms. The minimum absolute atomic E-state index is 0.105. The van der Waals surface area contributed by atoms with E-state index in [1.807, 2.05) is 62.4 Å². The van der Waals surface area contributed by atoms with Crippen LogP contribution in [0.3, 0.4) is 0 Å². The highest BCUT2D eigenvalue weighted by Gasteiger charge is 2.29. The normalized spacial score (nSPS) is 12.0. The van der Waals surface area contributed by atoms with Crippen LogP contribution in [0, 0.1) is 5.82 Å². The quantitative estimate of drug-likeness (QED) is 0.311. The van der Waals surface area contributed by atoms with Crippen molar-refractivity contribution in [2.45, 2.75) is 45.7 Å². The molecule has 0 saturated carbocycles. The Labute approximate surface area is 204 Å². The van der Waals surface area contributed by atoms with Gasteiger partial charge in [0.05, 0.1) is 16.9 Å². The summed E-state index contributed by atoms with van der Waals surface area (Å²) in [5, 5.41) is 0.562. The number of carbonyl (C=O) groups is 1. The van der Waals surface area contributed by atoms with Gasteiger partial charge >= 0.3 is 0 Å². The lowest BCUT2D eigenvalue weighted by Crippen LogP contribution is -2.40. The van der Waals surface area contributed by atoms with Gasteiger partial charge in [-0.25, -0.2) is 9.37 Å². The minimum Gasteiger partial charge on any atom is -0.328 e. The van der Waals surface area contributed by atoms with E-state index in [4.69, 9.17) is 4.98 Å². The van der Waals surface area contributed by atoms with E-state index in [0.717, 1.165) is 12.0 Å². The van der Waals surface area contributed by atoms with Crippen LogP contribution in [0.15, 0.2) is 83.7 Å². The number of nitrogens with zero attached hydrogens (tertiary/aromatic N) is 3. The molecule has 3 aromatic carbocycles. The average Bonchev–Trinajstić information content (AvgIpc) is 2.88. The van der Waals surface area contributed by atoms with Crippen molar-refractivity contribution in [3.8, 4) is 0 Å². The van der Waals surface area contributed by atoms with Crippen molar-refractivity contribution in [2.24, 2.45) is 0 Å². The molecule has 5 nitrogen and oxygen atoms in total. The largest absolute Gasteiger partial charge is 0.328 e. The third-order valence-corrected chi connectivity index (χ3v) is 6.22. The zero-order valence-corrected chi connectivity index (χ0v) is 20.2. The van der Waals surface area contributed by atoms with E-state index in [0.29, 0.717) is 42.7 Å². The Morgan fingerprint density at radius 2 is 1.74 bits per heavy atom. The van der Waals surface area contributed by atoms with Crippen molar-refractivity contribution in [3.63, 3.8) is 0 Å². The van der Waals surface area contributed by atoms with Gasteiger partial charge in [-0.1, -0.05) is 62.4 Å². The highest BCUT2D eigenvalue weighted by atomic mass is 19.1. The Bertz CT molecular complexity index is 1370. The van der Waals surface area contributed by atoms with Crippen molar-refractivity contribution in [1.29, 1.82) is 0 Å². The summed E-state index contributed by atoms with van der Waals surface area (Å²) in [5.74, 6) is -0.174. The molecular formula is C29H30FN3O2. The zero-order chi connectivity index (χ0) is 24.8. The average molecular weight is 472 g/mol. The monoisotopic (exact) mass is 471 g/mol. The van der Waals surface area contributed by atoms with Gasteiger partial charge < -0.3 is 4.90 Å². The van der Waals surface area contributed by atoms with Crippen LogP contribution in [0.1, 0.15) is 54.5 Å². The van der Waals surface area contributed by atoms with Gasteiger partial charge in [0.15, 0.2) is 0 Å². The molecule has 0 N–H and O–H groups in total. The molecule has 180 valence electrons. The van der Waals surface area contributed by atoms with Gasteiger partial charge in [-0.3, -0.25) is 14.2 Å². The van der Waals surface area contributed by atoms with Crippen LogP contribution in [0.2, 0.25) is 0 Å². The van der Waals surface area contributed by atoms with E-state index in [1.165, 1.54) is 12.1 Å². The van der Waals surface area contributed by atoms with E-state index in [-0.39, 0.29) is 17.0 Å². The summed E-state index contributed by atoms with van der Waals surface area (Å²) in [6.45, 7) is 4.91. The number of fused-ring (bicyclic) bond motifs is 1. The molecular weight excluding hydrogens is 441 g/mol. The summed E-state index contributed by atoms with van der Waals surface area (Å²) in [6, 6.07) is 22.5. The van der Waals surface area contributed by atoms with Crippen LogP contribution in [0.25, 0.3) is 10.9 Å². The molecule has 1 heterocycles. The van der Waals surface area contributed by atoms with Gasteiger partial charge in [0.2, 0.25) is 0 Å². The SMILES string of the molecule is CCCn1c(C(CC)N(CCc2ccccc2)C(=O)c2cccc(F)c2)nc2ccccc2c1=O. The number of hydrogen-bond donors (Lipinski definition) is 0. The van der Waals surface area contributed by atoms with Crippen molar-refractivity contribution in [2.75, 3.05) is 6.54 Å². The van der Waals surface area contributed by atoms with Crippen LogP contribution in [0.4, 0.5) is 4.39 Å². The summed E-state index contributed by atoms with van der Waals surface area (Å²) < 4.78 is 15.7. The number of carbonyl (C=O) groups excluding carboxylic acids is 1. The second-order valence-electron chi connectivity index (χ2n) is 8.61. The summed E-state index contributed by atoms with van der Waals surface area (Å²) in [7, 11) is 0. The Kier molecular flexibility index (Phi) is 7.70. The number of benzene rings is 3. The van der Waals surface area contributed by atoms with Crippen LogP contribution in [-0.4, -0.2) is 26.9 Å². The van der Waals surface area contributed by atoms with Gasteiger partial charge in [-0.15, -0.1) is 0 Å². The molecule has 1 unspecified atom stereocenters. The Morgan fingerprint density at radius 1 is 1.00 bits per heavy atom. The van der Waals surface area contributed by atoms with Crippen LogP contribution in [0.5, 0.6) is 0 Å². The van der Waals surface area contributed by atoms with E-state index >= 15 is 0 Å². The molecule has 6 heteroatoms. The third-order valence-electron chi connectivity index (χ3n) is 6.22. The molecule has 1 aromatic heterocycles. The second-order valence-corrected chi connectivity index (χ2v) is 8.61. The van der Waals surface area contributed by atoms with Crippen LogP contribution < -0.4 is 5.56 Å². The fraction of sp³-hybridized carbons (Fsp3) is 0.276. The molecule has 4 rings (SSSR count). The van der Waals surface area contributed by atoms with Gasteiger partial charge in [0.1, 0.15) is 11.6 Å². The molecule has 0 radical (unpaired) electrons. The first-order valence-electron chi connectivity index (χ1n) is 12.1. The summed E-state index contributed by atoms with van der Waals surface area (Å²) in [4.78, 5) is 33.8. The van der Waals surface area contributed by atoms with E-state index in [1.54, 1.807) is 27.7 Å². The highest BCUT2D eigenvalue weighted by molar-refractivity contribution is 5.94. The minimum atomic E-state index is -0.460. The van der Waals surface area contributed by atoms with Gasteiger partial charge in [-0.2, -0.15) is 0 Å². The number of amides is 1. The van der Waals surface area contributed by atoms with Crippen LogP contribution >= 0.6 is 0 Å². The van der Waals surface area contributed by atoms with Crippen molar-refractivity contribution in [3.05, 3.63) is 112 Å². The van der Waals surface area contributed by atoms with Crippen molar-refractivity contribution >= 4 is 16.8 Å². The fourth-order valence-corrected chi connectivity index (χ4v) is 4.50. The highest BCUT2D eigenvalue weighted by Crippen LogP contribution is 2.26. The maximum Gasteiger partial charge on any atom is 0.261 e. The number of para-hydroxylation sites is 1. The number of halogens is 1. The van der Waals surface area contributed by atoms with Gasteiger partial charge in [0, 0.05) is 18.7 Å². The molecule has 1 atom stereocenters. The first-order chi connectivity index (χ1) is 17.0. The number of rotatable bonds is 9. The van der Waals surface area contributed by atoms with E-state index < -0.39 is 11.9 Å². The molecule has 0 saturated heterocycles. The number of hydrogen-bond acceptors (Lipinski definition) is 3. The number of aromatic nitrogens is 2. The Balaban J connectivity index is 1.82. The lowest BCUT2D eigenvalue weighted by Gasteiger charge is -2.32. The molecule has 0 bridgehead atoms. The van der Waals surface area contributed by atoms with Crippen LogP contribution in [-0.2, 0) is 13.0 Å². The Hall–Kier alpha value is -3.80. The zero-order valence-electron chi connectivity index (χ0n) is 20.2. The lowest BCUT2D eigenvalue weighted by molar-refractivity contribution is 0.0658. The molecule has 0 spiro atoms. The summed E-state index contributed by atoms with van der Waals surface area (Å²) >= 11 is 0. The lowest BCUT2D eigenvalue weighted by atomic mass is 10.1. The predicted molar refractivity (Wildman–Crippen MR) is 137 cm³/mol. The summed E-state index contributed by atoms with van der Waals surface area (Å²) in [6.07, 6.45) is 1.94. The van der Waals surface area contributed by atoms with E-state index in [9.17, 15) is 14.0 Å². The summed E-state index contributed by atoms with van der Waals surface area (Å²) in [5.41, 5.74) is 1.88. The molecule has 0 aliphatic carbocycles. The smallest absolute Gasteiger partial charge is 0.261 e. The molecule has 0 aliphatic heterocycles. The predicted octanol–water partition coefficient (Wildman–Crippen LogP) is 5.78. The first-order valence-corrected chi connectivity index (χ1v) is 12.1. The second kappa shape index (κ2) is 11.1. The maximum atomic E-state index is 14.0. The van der Waals surface area contributed by atoms with Gasteiger partial charge in [0.25, 0.3) is 11.5 Å². The standard InChI is InChI=1S/C29H30FN3O2/c1-3-18-33-27(31-25-16-9-8-15-24(25)29(33)35)26(4-2)32(19-17-21-11-6-5-7-12-21)28(34)22-13-10-14-23(30)20-22/h5-16,20,26H,3-4,17-19H2,1-2H3.